The molecule has 0 heterocycles. The fourth-order valence-electron chi connectivity index (χ4n) is 0.428. The van der Waals surface area contributed by atoms with Crippen LogP contribution in [0.15, 0.2) is 30.3 Å². The Labute approximate surface area is 88.5 Å². The molecule has 3 heteroatoms. The molecule has 0 aliphatic carbocycles. The number of benzene rings is 1. The summed E-state index contributed by atoms with van der Waals surface area (Å²) in [5.74, 6) is 0.322. The summed E-state index contributed by atoms with van der Waals surface area (Å²) in [6.45, 7) is 0. The van der Waals surface area contributed by atoms with E-state index in [2.05, 4.69) is 0 Å². The van der Waals surface area contributed by atoms with E-state index in [9.17, 15) is 0 Å². The molecule has 0 saturated carbocycles. The van der Waals surface area contributed by atoms with Crippen molar-refractivity contribution < 1.29 is 5.11 Å². The molecule has 0 amide bonds. The Morgan fingerprint density at radius 2 is 1.33 bits per heavy atom. The highest BCUT2D eigenvalue weighted by atomic mass is 127. The Morgan fingerprint density at radius 3 is 1.56 bits per heavy atom. The number of halogens is 2. The van der Waals surface area contributed by atoms with Gasteiger partial charge in [-0.05, 0) is 12.1 Å². The van der Waals surface area contributed by atoms with Gasteiger partial charge in [-0.3, -0.25) is 0 Å². The molecule has 0 radical (unpaired) electrons. The largest absolute Gasteiger partial charge is 0.508 e. The molecule has 0 bridgehead atoms. The van der Waals surface area contributed by atoms with Crippen LogP contribution >= 0.6 is 48.0 Å². The molecule has 1 rings (SSSR count). The van der Waals surface area contributed by atoms with Gasteiger partial charge in [0.25, 0.3) is 0 Å². The predicted molar refractivity (Wildman–Crippen MR) is 58.9 cm³/mol. The summed E-state index contributed by atoms with van der Waals surface area (Å²) >= 11 is 0. The zero-order valence-corrected chi connectivity index (χ0v) is 9.31. The van der Waals surface area contributed by atoms with Crippen molar-refractivity contribution in [3.8, 4) is 5.75 Å². The van der Waals surface area contributed by atoms with Gasteiger partial charge in [0.05, 0.1) is 0 Å². The maximum Gasteiger partial charge on any atom is 0.115 e. The van der Waals surface area contributed by atoms with Crippen molar-refractivity contribution in [3.05, 3.63) is 30.3 Å². The Bertz CT molecular complexity index is 141. The molecule has 1 aromatic carbocycles. The first-order chi connectivity index (χ1) is 3.39. The molecule has 9 heavy (non-hydrogen) atoms. The van der Waals surface area contributed by atoms with Crippen LogP contribution in [0.5, 0.6) is 5.75 Å². The summed E-state index contributed by atoms with van der Waals surface area (Å²) in [4.78, 5) is 0. The summed E-state index contributed by atoms with van der Waals surface area (Å²) in [5, 5.41) is 8.63. The third-order valence-electron chi connectivity index (χ3n) is 0.756. The first-order valence-electron chi connectivity index (χ1n) is 2.13. The summed E-state index contributed by atoms with van der Waals surface area (Å²) in [5.41, 5.74) is 0. The van der Waals surface area contributed by atoms with Crippen LogP contribution in [0, 0.1) is 0 Å². The quantitative estimate of drug-likeness (QED) is 0.714. The number of phenols is 1. The minimum absolute atomic E-state index is 0. The van der Waals surface area contributed by atoms with Crippen LogP contribution in [0.25, 0.3) is 0 Å². The maximum atomic E-state index is 8.63. The maximum absolute atomic E-state index is 8.63. The van der Waals surface area contributed by atoms with Gasteiger partial charge in [0.15, 0.2) is 0 Å². The van der Waals surface area contributed by atoms with Gasteiger partial charge in [-0.25, -0.2) is 0 Å². The molecule has 1 aromatic rings. The van der Waals surface area contributed by atoms with Crippen LogP contribution in [-0.2, 0) is 0 Å². The van der Waals surface area contributed by atoms with E-state index in [1.807, 2.05) is 6.07 Å². The average Bonchev–Trinajstić information content (AvgIpc) is 1.69. The lowest BCUT2D eigenvalue weighted by Crippen LogP contribution is -1.56. The van der Waals surface area contributed by atoms with E-state index in [1.165, 1.54) is 0 Å². The Kier molecular flexibility index (Phi) is 8.93. The highest BCUT2D eigenvalue weighted by Gasteiger charge is 1.74. The lowest BCUT2D eigenvalue weighted by molar-refractivity contribution is 0.475. The summed E-state index contributed by atoms with van der Waals surface area (Å²) in [6, 6.07) is 8.71. The summed E-state index contributed by atoms with van der Waals surface area (Å²) in [7, 11) is 0. The summed E-state index contributed by atoms with van der Waals surface area (Å²) in [6.07, 6.45) is 0. The smallest absolute Gasteiger partial charge is 0.115 e. The standard InChI is InChI=1S/C6H6O.2HI/c7-6-4-2-1-3-5-6;;/h1-5,7H;2*1H. The first-order valence-corrected chi connectivity index (χ1v) is 2.13. The monoisotopic (exact) mass is 350 g/mol. The zero-order valence-electron chi connectivity index (χ0n) is 4.65. The number of rotatable bonds is 0. The van der Waals surface area contributed by atoms with Gasteiger partial charge >= 0.3 is 0 Å². The van der Waals surface area contributed by atoms with E-state index in [0.717, 1.165) is 0 Å². The van der Waals surface area contributed by atoms with Crippen LogP contribution in [0.1, 0.15) is 0 Å². The highest BCUT2D eigenvalue weighted by molar-refractivity contribution is 14.0. The molecule has 1 nitrogen and oxygen atoms in total. The van der Waals surface area contributed by atoms with E-state index in [0.29, 0.717) is 5.75 Å². The Hall–Kier alpha value is 0.480. The lowest BCUT2D eigenvalue weighted by Gasteiger charge is -1.82. The van der Waals surface area contributed by atoms with E-state index in [4.69, 9.17) is 5.11 Å². The van der Waals surface area contributed by atoms with Crippen molar-refractivity contribution >= 4 is 48.0 Å². The molecule has 0 saturated heterocycles. The Morgan fingerprint density at radius 1 is 0.889 bits per heavy atom. The molecule has 0 atom stereocenters. The van der Waals surface area contributed by atoms with Gasteiger partial charge in [0.2, 0.25) is 0 Å². The van der Waals surface area contributed by atoms with Gasteiger partial charge < -0.3 is 5.11 Å². The molecule has 0 spiro atoms. The third-order valence-corrected chi connectivity index (χ3v) is 0.756. The molecule has 0 unspecified atom stereocenters. The van der Waals surface area contributed by atoms with E-state index < -0.39 is 0 Å². The normalized spacial score (nSPS) is 6.67. The van der Waals surface area contributed by atoms with Gasteiger partial charge in [-0.1, -0.05) is 18.2 Å². The predicted octanol–water partition coefficient (Wildman–Crippen LogP) is 2.63. The van der Waals surface area contributed by atoms with Gasteiger partial charge in [0.1, 0.15) is 5.75 Å². The van der Waals surface area contributed by atoms with Crippen molar-refractivity contribution in [1.29, 1.82) is 0 Å². The molecule has 0 aliphatic rings. The second-order valence-corrected chi connectivity index (χ2v) is 1.34. The highest BCUT2D eigenvalue weighted by Crippen LogP contribution is 2.02. The van der Waals surface area contributed by atoms with Crippen molar-refractivity contribution in [1.82, 2.24) is 0 Å². The average molecular weight is 350 g/mol. The molecule has 0 aromatic heterocycles. The fraction of sp³-hybridized carbons (Fsp3) is 0. The molecule has 0 fully saturated rings. The molecule has 0 aliphatic heterocycles. The van der Waals surface area contributed by atoms with Crippen molar-refractivity contribution in [2.75, 3.05) is 0 Å². The van der Waals surface area contributed by atoms with Crippen molar-refractivity contribution in [2.24, 2.45) is 0 Å². The number of para-hydroxylation sites is 1. The number of aromatic hydroxyl groups is 1. The third kappa shape index (κ3) is 4.95. The summed E-state index contributed by atoms with van der Waals surface area (Å²) < 4.78 is 0. The SMILES string of the molecule is I.I.Oc1ccccc1. The van der Waals surface area contributed by atoms with Crippen LogP contribution in [0.2, 0.25) is 0 Å². The lowest BCUT2D eigenvalue weighted by atomic mass is 10.3. The molecular weight excluding hydrogens is 342 g/mol. The van der Waals surface area contributed by atoms with E-state index in [-0.39, 0.29) is 48.0 Å². The first kappa shape index (κ1) is 12.2. The van der Waals surface area contributed by atoms with Gasteiger partial charge in [-0.15, -0.1) is 48.0 Å². The van der Waals surface area contributed by atoms with Crippen LogP contribution < -0.4 is 0 Å². The number of phenolic OH excluding ortho intramolecular Hbond substituents is 1. The van der Waals surface area contributed by atoms with E-state index in [1.54, 1.807) is 24.3 Å². The molecular formula is C6H8I2O. The minimum atomic E-state index is 0. The molecule has 52 valence electrons. The van der Waals surface area contributed by atoms with Crippen LogP contribution in [0.3, 0.4) is 0 Å². The van der Waals surface area contributed by atoms with Gasteiger partial charge in [-0.2, -0.15) is 0 Å². The minimum Gasteiger partial charge on any atom is -0.508 e. The number of hydrogen-bond donors (Lipinski definition) is 1. The zero-order chi connectivity index (χ0) is 5.11. The molecule has 1 N–H and O–H groups in total. The number of hydrogen-bond acceptors (Lipinski definition) is 1. The van der Waals surface area contributed by atoms with Crippen LogP contribution in [0.4, 0.5) is 0 Å². The van der Waals surface area contributed by atoms with E-state index >= 15 is 0 Å². The second-order valence-electron chi connectivity index (χ2n) is 1.34. The Balaban J connectivity index is 0. The second kappa shape index (κ2) is 6.60. The van der Waals surface area contributed by atoms with Gasteiger partial charge in [0, 0.05) is 0 Å². The fourth-order valence-corrected chi connectivity index (χ4v) is 0.428. The van der Waals surface area contributed by atoms with Crippen molar-refractivity contribution in [2.45, 2.75) is 0 Å². The topological polar surface area (TPSA) is 20.2 Å². The van der Waals surface area contributed by atoms with Crippen molar-refractivity contribution in [3.63, 3.8) is 0 Å². The van der Waals surface area contributed by atoms with Crippen LogP contribution in [-0.4, -0.2) is 5.11 Å².